The first-order valence-electron chi connectivity index (χ1n) is 6.37. The Kier molecular flexibility index (Phi) is 4.15. The van der Waals surface area contributed by atoms with Gasteiger partial charge in [0.15, 0.2) is 0 Å². The second-order valence-corrected chi connectivity index (χ2v) is 4.71. The molecule has 98 valence electrons. The molecule has 2 aromatic rings. The van der Waals surface area contributed by atoms with Gasteiger partial charge in [0.1, 0.15) is 6.10 Å². The van der Waals surface area contributed by atoms with Crippen molar-refractivity contribution in [2.24, 2.45) is 5.73 Å². The molecule has 2 rings (SSSR count). The monoisotopic (exact) mass is 253 g/mol. The molecule has 3 N–H and O–H groups in total. The third-order valence-electron chi connectivity index (χ3n) is 3.40. The molecular formula is C17H19NO. The predicted octanol–water partition coefficient (Wildman–Crippen LogP) is 3.15. The van der Waals surface area contributed by atoms with E-state index in [2.05, 4.69) is 6.58 Å². The number of benzene rings is 2. The van der Waals surface area contributed by atoms with Crippen molar-refractivity contribution in [2.75, 3.05) is 0 Å². The number of hydrogen-bond acceptors (Lipinski definition) is 2. The number of aliphatic hydroxyl groups excluding tert-OH is 1. The highest BCUT2D eigenvalue weighted by molar-refractivity contribution is 5.31. The normalized spacial score (nSPS) is 15.5. The molecule has 0 saturated carbocycles. The maximum Gasteiger partial charge on any atom is 0.101 e. The maximum absolute atomic E-state index is 10.7. The number of hydrogen-bond donors (Lipinski definition) is 2. The van der Waals surface area contributed by atoms with Gasteiger partial charge in [0.05, 0.1) is 5.54 Å². The highest BCUT2D eigenvalue weighted by Crippen LogP contribution is 2.35. The molecule has 0 aliphatic heterocycles. The minimum Gasteiger partial charge on any atom is -0.386 e. The maximum atomic E-state index is 10.7. The van der Waals surface area contributed by atoms with Gasteiger partial charge in [0, 0.05) is 0 Å². The molecule has 0 aliphatic rings. The molecule has 0 aromatic heterocycles. The van der Waals surface area contributed by atoms with Crippen LogP contribution >= 0.6 is 0 Å². The lowest BCUT2D eigenvalue weighted by atomic mass is 9.79. The minimum absolute atomic E-state index is 0.507. The molecule has 2 nitrogen and oxygen atoms in total. The molecule has 0 heterocycles. The van der Waals surface area contributed by atoms with E-state index in [0.717, 1.165) is 11.1 Å². The third kappa shape index (κ3) is 2.75. The molecular weight excluding hydrogens is 234 g/mol. The summed E-state index contributed by atoms with van der Waals surface area (Å²) in [6, 6.07) is 19.2. The van der Waals surface area contributed by atoms with E-state index >= 15 is 0 Å². The largest absolute Gasteiger partial charge is 0.386 e. The summed E-state index contributed by atoms with van der Waals surface area (Å²) in [5.41, 5.74) is 7.35. The Morgan fingerprint density at radius 2 is 1.58 bits per heavy atom. The van der Waals surface area contributed by atoms with Crippen LogP contribution in [-0.2, 0) is 5.54 Å². The SMILES string of the molecule is C=CC[C@@](N)(c1ccccc1)[C@@H](O)c1ccccc1. The molecule has 0 amide bonds. The van der Waals surface area contributed by atoms with E-state index in [9.17, 15) is 5.11 Å². The van der Waals surface area contributed by atoms with Crippen molar-refractivity contribution in [3.63, 3.8) is 0 Å². The van der Waals surface area contributed by atoms with Crippen LogP contribution in [0.1, 0.15) is 23.7 Å². The molecule has 19 heavy (non-hydrogen) atoms. The van der Waals surface area contributed by atoms with Crippen molar-refractivity contribution in [3.8, 4) is 0 Å². The highest BCUT2D eigenvalue weighted by Gasteiger charge is 2.35. The third-order valence-corrected chi connectivity index (χ3v) is 3.40. The van der Waals surface area contributed by atoms with Gasteiger partial charge in [0.2, 0.25) is 0 Å². The Hall–Kier alpha value is -1.90. The van der Waals surface area contributed by atoms with Crippen LogP contribution in [0.3, 0.4) is 0 Å². The van der Waals surface area contributed by atoms with Crippen molar-refractivity contribution >= 4 is 0 Å². The average Bonchev–Trinajstić information content (AvgIpc) is 2.48. The second-order valence-electron chi connectivity index (χ2n) is 4.71. The van der Waals surface area contributed by atoms with Gasteiger partial charge in [-0.15, -0.1) is 6.58 Å². The Balaban J connectivity index is 2.42. The van der Waals surface area contributed by atoms with Gasteiger partial charge in [-0.05, 0) is 17.5 Å². The topological polar surface area (TPSA) is 46.2 Å². The Bertz CT molecular complexity index is 523. The summed E-state index contributed by atoms with van der Waals surface area (Å²) in [6.45, 7) is 3.76. The van der Waals surface area contributed by atoms with Crippen LogP contribution in [0.25, 0.3) is 0 Å². The molecule has 0 saturated heterocycles. The first-order valence-corrected chi connectivity index (χ1v) is 6.37. The number of aliphatic hydroxyl groups is 1. The van der Waals surface area contributed by atoms with Gasteiger partial charge in [-0.2, -0.15) is 0 Å². The predicted molar refractivity (Wildman–Crippen MR) is 78.5 cm³/mol. The molecule has 2 heteroatoms. The first-order chi connectivity index (χ1) is 9.18. The molecule has 0 bridgehead atoms. The average molecular weight is 253 g/mol. The van der Waals surface area contributed by atoms with E-state index in [1.807, 2.05) is 60.7 Å². The Morgan fingerprint density at radius 1 is 1.05 bits per heavy atom. The number of nitrogens with two attached hydrogens (primary N) is 1. The zero-order chi connectivity index (χ0) is 13.7. The zero-order valence-corrected chi connectivity index (χ0v) is 10.9. The van der Waals surface area contributed by atoms with Crippen LogP contribution < -0.4 is 5.73 Å². The van der Waals surface area contributed by atoms with Crippen LogP contribution in [0.2, 0.25) is 0 Å². The highest BCUT2D eigenvalue weighted by atomic mass is 16.3. The van der Waals surface area contributed by atoms with Crippen molar-refractivity contribution in [2.45, 2.75) is 18.1 Å². The van der Waals surface area contributed by atoms with Crippen LogP contribution in [0, 0.1) is 0 Å². The molecule has 2 aromatic carbocycles. The fourth-order valence-electron chi connectivity index (χ4n) is 2.31. The summed E-state index contributed by atoms with van der Waals surface area (Å²) in [5.74, 6) is 0. The number of rotatable bonds is 5. The second kappa shape index (κ2) is 5.83. The molecule has 0 unspecified atom stereocenters. The Labute approximate surface area is 114 Å². The van der Waals surface area contributed by atoms with Gasteiger partial charge in [-0.1, -0.05) is 66.7 Å². The van der Waals surface area contributed by atoms with E-state index < -0.39 is 11.6 Å². The van der Waals surface area contributed by atoms with Gasteiger partial charge in [0.25, 0.3) is 0 Å². The lowest BCUT2D eigenvalue weighted by Crippen LogP contribution is -2.42. The van der Waals surface area contributed by atoms with Crippen LogP contribution in [0.4, 0.5) is 0 Å². The Morgan fingerprint density at radius 3 is 2.11 bits per heavy atom. The first kappa shape index (κ1) is 13.5. The van der Waals surface area contributed by atoms with E-state index in [1.165, 1.54) is 0 Å². The van der Waals surface area contributed by atoms with Gasteiger partial charge < -0.3 is 10.8 Å². The lowest BCUT2D eigenvalue weighted by Gasteiger charge is -2.34. The molecule has 0 radical (unpaired) electrons. The molecule has 0 aliphatic carbocycles. The van der Waals surface area contributed by atoms with Crippen LogP contribution in [0.15, 0.2) is 73.3 Å². The van der Waals surface area contributed by atoms with Crippen molar-refractivity contribution in [1.29, 1.82) is 0 Å². The van der Waals surface area contributed by atoms with Crippen molar-refractivity contribution < 1.29 is 5.11 Å². The summed E-state index contributed by atoms with van der Waals surface area (Å²) in [4.78, 5) is 0. The quantitative estimate of drug-likeness (QED) is 0.804. The van der Waals surface area contributed by atoms with E-state index in [0.29, 0.717) is 6.42 Å². The fourth-order valence-corrected chi connectivity index (χ4v) is 2.31. The lowest BCUT2D eigenvalue weighted by molar-refractivity contribution is 0.0836. The summed E-state index contributed by atoms with van der Waals surface area (Å²) in [6.07, 6.45) is 1.49. The summed E-state index contributed by atoms with van der Waals surface area (Å²) in [5, 5.41) is 10.7. The summed E-state index contributed by atoms with van der Waals surface area (Å²) in [7, 11) is 0. The molecule has 0 spiro atoms. The van der Waals surface area contributed by atoms with Gasteiger partial charge in [-0.3, -0.25) is 0 Å². The van der Waals surface area contributed by atoms with Crippen molar-refractivity contribution in [1.82, 2.24) is 0 Å². The smallest absolute Gasteiger partial charge is 0.101 e. The zero-order valence-electron chi connectivity index (χ0n) is 10.9. The minimum atomic E-state index is -0.857. The standard InChI is InChI=1S/C17H19NO/c1-2-13-17(18,15-11-7-4-8-12-15)16(19)14-9-5-3-6-10-14/h2-12,16,19H,1,13,18H2/t16-,17+/m0/s1. The summed E-state index contributed by atoms with van der Waals surface area (Å²) >= 11 is 0. The summed E-state index contributed by atoms with van der Waals surface area (Å²) < 4.78 is 0. The molecule has 0 fully saturated rings. The van der Waals surface area contributed by atoms with E-state index in [4.69, 9.17) is 5.73 Å². The van der Waals surface area contributed by atoms with E-state index in [-0.39, 0.29) is 0 Å². The van der Waals surface area contributed by atoms with Crippen LogP contribution in [-0.4, -0.2) is 5.11 Å². The van der Waals surface area contributed by atoms with Gasteiger partial charge >= 0.3 is 0 Å². The van der Waals surface area contributed by atoms with Crippen LogP contribution in [0.5, 0.6) is 0 Å². The fraction of sp³-hybridized carbons (Fsp3) is 0.176. The van der Waals surface area contributed by atoms with E-state index in [1.54, 1.807) is 6.08 Å². The van der Waals surface area contributed by atoms with Gasteiger partial charge in [-0.25, -0.2) is 0 Å². The van der Waals surface area contributed by atoms with Crippen molar-refractivity contribution in [3.05, 3.63) is 84.4 Å². The molecule has 2 atom stereocenters.